The average molecular weight is 909 g/mol. The van der Waals surface area contributed by atoms with Crippen molar-refractivity contribution >= 4 is 11.9 Å². The van der Waals surface area contributed by atoms with E-state index in [0.29, 0.717) is 19.4 Å². The fourth-order valence-electron chi connectivity index (χ4n) is 6.54. The third kappa shape index (κ3) is 52.4. The summed E-state index contributed by atoms with van der Waals surface area (Å²) in [6, 6.07) is 0. The summed E-state index contributed by atoms with van der Waals surface area (Å²) >= 11 is 0. The molecule has 0 saturated heterocycles. The number of unbranched alkanes of at least 4 members (excludes halogenated alkanes) is 11. The summed E-state index contributed by atoms with van der Waals surface area (Å²) in [5.74, 6) is -0.481. The van der Waals surface area contributed by atoms with Crippen molar-refractivity contribution in [3.63, 3.8) is 0 Å². The molecule has 0 saturated carbocycles. The zero-order valence-electron chi connectivity index (χ0n) is 42.4. The number of esters is 2. The second-order valence-corrected chi connectivity index (χ2v) is 16.6. The molecular weight excluding hydrogens is 813 g/mol. The summed E-state index contributed by atoms with van der Waals surface area (Å²) in [4.78, 5) is 25.4. The smallest absolute Gasteiger partial charge is 0.306 e. The van der Waals surface area contributed by atoms with Crippen LogP contribution >= 0.6 is 0 Å². The number of rotatable bonds is 46. The van der Waals surface area contributed by atoms with Crippen LogP contribution in [0.25, 0.3) is 0 Å². The quantitative estimate of drug-likeness (QED) is 0.0346. The van der Waals surface area contributed by atoms with Gasteiger partial charge in [0, 0.05) is 19.4 Å². The van der Waals surface area contributed by atoms with Gasteiger partial charge in [0.1, 0.15) is 6.61 Å². The van der Waals surface area contributed by atoms with Gasteiger partial charge in [0.25, 0.3) is 0 Å². The molecule has 0 rings (SSSR count). The Kier molecular flexibility index (Phi) is 51.6. The van der Waals surface area contributed by atoms with Gasteiger partial charge in [-0.2, -0.15) is 0 Å². The first-order valence-corrected chi connectivity index (χ1v) is 26.4. The fourth-order valence-corrected chi connectivity index (χ4v) is 6.54. The summed E-state index contributed by atoms with van der Waals surface area (Å²) in [5.41, 5.74) is 0. The van der Waals surface area contributed by atoms with E-state index in [1.807, 2.05) is 0 Å². The van der Waals surface area contributed by atoms with Crippen molar-refractivity contribution < 1.29 is 23.8 Å². The van der Waals surface area contributed by atoms with E-state index in [0.717, 1.165) is 161 Å². The molecule has 0 aliphatic carbocycles. The van der Waals surface area contributed by atoms with Crippen LogP contribution in [0.3, 0.4) is 0 Å². The number of carbonyl (C=O) groups is 2. The Hall–Kier alpha value is -4.22. The van der Waals surface area contributed by atoms with E-state index in [1.165, 1.54) is 6.42 Å². The zero-order valence-corrected chi connectivity index (χ0v) is 42.4. The molecule has 0 bridgehead atoms. The van der Waals surface area contributed by atoms with Crippen LogP contribution in [0, 0.1) is 0 Å². The van der Waals surface area contributed by atoms with Crippen molar-refractivity contribution in [3.8, 4) is 0 Å². The normalized spacial score (nSPS) is 13.4. The lowest BCUT2D eigenvalue weighted by atomic mass is 10.1. The van der Waals surface area contributed by atoms with Crippen molar-refractivity contribution in [1.29, 1.82) is 0 Å². The molecule has 66 heavy (non-hydrogen) atoms. The molecule has 5 heteroatoms. The fraction of sp³-hybridized carbons (Fsp3) is 0.574. The molecular formula is C61H96O5. The van der Waals surface area contributed by atoms with Crippen LogP contribution in [-0.2, 0) is 23.8 Å². The molecule has 1 atom stereocenters. The maximum atomic E-state index is 12.8. The van der Waals surface area contributed by atoms with Gasteiger partial charge in [-0.3, -0.25) is 9.59 Å². The highest BCUT2D eigenvalue weighted by atomic mass is 16.6. The van der Waals surface area contributed by atoms with Crippen molar-refractivity contribution in [3.05, 3.63) is 146 Å². The van der Waals surface area contributed by atoms with Gasteiger partial charge in [-0.25, -0.2) is 0 Å². The van der Waals surface area contributed by atoms with E-state index < -0.39 is 6.10 Å². The third-order valence-electron chi connectivity index (χ3n) is 10.4. The summed E-state index contributed by atoms with van der Waals surface area (Å²) < 4.78 is 17.3. The van der Waals surface area contributed by atoms with Gasteiger partial charge in [-0.15, -0.1) is 0 Å². The molecule has 0 aromatic carbocycles. The summed E-state index contributed by atoms with van der Waals surface area (Å²) in [6.07, 6.45) is 80.0. The van der Waals surface area contributed by atoms with Gasteiger partial charge < -0.3 is 14.2 Å². The lowest BCUT2D eigenvalue weighted by Gasteiger charge is -2.18. The molecule has 0 heterocycles. The van der Waals surface area contributed by atoms with E-state index in [-0.39, 0.29) is 25.2 Å². The lowest BCUT2D eigenvalue weighted by molar-refractivity contribution is -0.163. The standard InChI is InChI=1S/C61H96O5/c1-4-7-10-13-16-19-22-25-28-30-32-35-38-41-44-47-50-53-56-64-57-59(66-61(63)55-52-49-46-43-40-37-33-27-24-21-18-15-12-9-6-3)58-65-60(62)54-51-48-45-42-39-36-34-31-29-26-23-20-17-14-11-8-5-2/h7-12,16-21,25-29,32-36,41,44,59H,4-6,13-15,22-24,30-31,37-40,42-43,45-58H2,1-3H3/b10-7-,11-8-,12-9-,19-16-,20-17-,21-18-,28-25-,29-26-,33-27-,35-32-,36-34-,44-41-. The van der Waals surface area contributed by atoms with E-state index in [2.05, 4.69) is 167 Å². The first kappa shape index (κ1) is 61.8. The second kappa shape index (κ2) is 55.1. The van der Waals surface area contributed by atoms with E-state index in [9.17, 15) is 9.59 Å². The highest BCUT2D eigenvalue weighted by molar-refractivity contribution is 5.70. The van der Waals surface area contributed by atoms with Crippen molar-refractivity contribution in [2.24, 2.45) is 0 Å². The predicted molar refractivity (Wildman–Crippen MR) is 288 cm³/mol. The van der Waals surface area contributed by atoms with Crippen molar-refractivity contribution in [2.45, 2.75) is 207 Å². The minimum Gasteiger partial charge on any atom is -0.462 e. The van der Waals surface area contributed by atoms with Gasteiger partial charge in [0.2, 0.25) is 0 Å². The van der Waals surface area contributed by atoms with Crippen LogP contribution in [-0.4, -0.2) is 37.9 Å². The molecule has 0 N–H and O–H groups in total. The monoisotopic (exact) mass is 909 g/mol. The largest absolute Gasteiger partial charge is 0.462 e. The first-order valence-electron chi connectivity index (χ1n) is 26.4. The van der Waals surface area contributed by atoms with Crippen LogP contribution in [0.2, 0.25) is 0 Å². The Morgan fingerprint density at radius 3 is 1.02 bits per heavy atom. The Labute approximate surface area is 406 Å². The second-order valence-electron chi connectivity index (χ2n) is 16.6. The Morgan fingerprint density at radius 1 is 0.333 bits per heavy atom. The van der Waals surface area contributed by atoms with E-state index >= 15 is 0 Å². The molecule has 0 spiro atoms. The molecule has 0 amide bonds. The van der Waals surface area contributed by atoms with Gasteiger partial charge >= 0.3 is 11.9 Å². The van der Waals surface area contributed by atoms with Gasteiger partial charge in [0.15, 0.2) is 6.10 Å². The highest BCUT2D eigenvalue weighted by Crippen LogP contribution is 2.12. The number of hydrogen-bond acceptors (Lipinski definition) is 5. The molecule has 370 valence electrons. The number of carbonyl (C=O) groups excluding carboxylic acids is 2. The Bertz CT molecular complexity index is 1450. The van der Waals surface area contributed by atoms with Crippen LogP contribution in [0.4, 0.5) is 0 Å². The van der Waals surface area contributed by atoms with Crippen LogP contribution < -0.4 is 0 Å². The average Bonchev–Trinajstić information content (AvgIpc) is 3.32. The van der Waals surface area contributed by atoms with E-state index in [4.69, 9.17) is 14.2 Å². The number of hydrogen-bond donors (Lipinski definition) is 0. The maximum absolute atomic E-state index is 12.8. The summed E-state index contributed by atoms with van der Waals surface area (Å²) in [7, 11) is 0. The molecule has 0 fully saturated rings. The SMILES string of the molecule is CC/C=C\C/C=C\C/C=C\C/C=C\C/C=C\CCCCOCC(COC(=O)CCCCCC/C=C\C/C=C\C/C=C\C/C=C\CC)OC(=O)CCCCCCC/C=C\C/C=C\C/C=C\CC. The number of ether oxygens (including phenoxy) is 3. The molecule has 0 aliphatic rings. The van der Waals surface area contributed by atoms with E-state index in [1.54, 1.807) is 0 Å². The lowest BCUT2D eigenvalue weighted by Crippen LogP contribution is -2.30. The molecule has 0 aromatic rings. The summed E-state index contributed by atoms with van der Waals surface area (Å²) in [6.45, 7) is 7.32. The van der Waals surface area contributed by atoms with Crippen LogP contribution in [0.15, 0.2) is 146 Å². The van der Waals surface area contributed by atoms with Gasteiger partial charge in [0.05, 0.1) is 6.61 Å². The minimum atomic E-state index is -0.590. The molecule has 1 unspecified atom stereocenters. The number of allylic oxidation sites excluding steroid dienone is 24. The van der Waals surface area contributed by atoms with Crippen LogP contribution in [0.1, 0.15) is 201 Å². The first-order chi connectivity index (χ1) is 32.6. The molecule has 5 nitrogen and oxygen atoms in total. The molecule has 0 aliphatic heterocycles. The maximum Gasteiger partial charge on any atom is 0.306 e. The Balaban J connectivity index is 4.47. The topological polar surface area (TPSA) is 61.8 Å². The summed E-state index contributed by atoms with van der Waals surface area (Å²) in [5, 5.41) is 0. The molecule has 0 radical (unpaired) electrons. The van der Waals surface area contributed by atoms with Crippen molar-refractivity contribution in [1.82, 2.24) is 0 Å². The van der Waals surface area contributed by atoms with Gasteiger partial charge in [-0.05, 0) is 135 Å². The van der Waals surface area contributed by atoms with Crippen LogP contribution in [0.5, 0.6) is 0 Å². The Morgan fingerprint density at radius 2 is 0.636 bits per heavy atom. The predicted octanol–water partition coefficient (Wildman–Crippen LogP) is 18.1. The molecule has 0 aromatic heterocycles. The minimum absolute atomic E-state index is 0.0374. The van der Waals surface area contributed by atoms with Gasteiger partial charge in [-0.1, -0.05) is 199 Å². The highest BCUT2D eigenvalue weighted by Gasteiger charge is 2.17. The van der Waals surface area contributed by atoms with Crippen molar-refractivity contribution in [2.75, 3.05) is 19.8 Å². The third-order valence-corrected chi connectivity index (χ3v) is 10.4. The zero-order chi connectivity index (χ0) is 47.7.